The Balaban J connectivity index is 2.75. The van der Waals surface area contributed by atoms with Gasteiger partial charge in [-0.15, -0.1) is 0 Å². The first-order valence-electron chi connectivity index (χ1n) is 5.77. The predicted molar refractivity (Wildman–Crippen MR) is 80.8 cm³/mol. The molecule has 0 radical (unpaired) electrons. The number of aliphatic carboxylic acids is 1. The van der Waals surface area contributed by atoms with Crippen LogP contribution in [0.25, 0.3) is 0 Å². The first-order chi connectivity index (χ1) is 9.45. The summed E-state index contributed by atoms with van der Waals surface area (Å²) in [6, 6.07) is 4.87. The van der Waals surface area contributed by atoms with E-state index >= 15 is 0 Å². The predicted octanol–water partition coefficient (Wildman–Crippen LogP) is 2.90. The van der Waals surface area contributed by atoms with E-state index < -0.39 is 10.8 Å². The summed E-state index contributed by atoms with van der Waals surface area (Å²) in [5.74, 6) is -0.710. The Kier molecular flexibility index (Phi) is 7.18. The van der Waals surface area contributed by atoms with Crippen LogP contribution in [0.3, 0.4) is 0 Å². The average Bonchev–Trinajstić information content (AvgIpc) is 2.39. The van der Waals surface area contributed by atoms with Gasteiger partial charge in [0.2, 0.25) is 0 Å². The van der Waals surface area contributed by atoms with Crippen molar-refractivity contribution in [3.05, 3.63) is 28.2 Å². The number of halogens is 2. The van der Waals surface area contributed by atoms with Crippen LogP contribution >= 0.6 is 31.9 Å². The summed E-state index contributed by atoms with van der Waals surface area (Å²) in [4.78, 5) is 21.9. The fraction of sp³-hybridized carbons (Fsp3) is 0.385. The Hall–Kier alpha value is -0.920. The van der Waals surface area contributed by atoms with Crippen molar-refractivity contribution in [2.24, 2.45) is 0 Å². The molecule has 0 amide bonds. The van der Waals surface area contributed by atoms with Crippen LogP contribution in [0, 0.1) is 0 Å². The van der Waals surface area contributed by atoms with E-state index in [0.717, 1.165) is 0 Å². The van der Waals surface area contributed by atoms with Crippen LogP contribution in [0.1, 0.15) is 16.8 Å². The number of hydrogen-bond donors (Lipinski definition) is 1. The molecule has 0 aliphatic rings. The van der Waals surface area contributed by atoms with E-state index in [9.17, 15) is 9.59 Å². The molecule has 7 heteroatoms. The number of carbonyl (C=O) groups is 2. The van der Waals surface area contributed by atoms with Gasteiger partial charge in [-0.25, -0.2) is 0 Å². The number of ether oxygens (including phenoxy) is 2. The molecule has 0 saturated heterocycles. The maximum atomic E-state index is 12.0. The highest BCUT2D eigenvalue weighted by Crippen LogP contribution is 2.27. The van der Waals surface area contributed by atoms with Crippen molar-refractivity contribution < 1.29 is 24.2 Å². The van der Waals surface area contributed by atoms with Crippen molar-refractivity contribution in [2.45, 2.75) is 11.2 Å². The number of carbonyl (C=O) groups excluding carboxylic acids is 1. The molecule has 0 bridgehead atoms. The van der Waals surface area contributed by atoms with Crippen molar-refractivity contribution in [1.82, 2.24) is 0 Å². The first kappa shape index (κ1) is 17.1. The van der Waals surface area contributed by atoms with Crippen LogP contribution < -0.4 is 4.74 Å². The van der Waals surface area contributed by atoms with Gasteiger partial charge in [0.05, 0.1) is 22.3 Å². The zero-order valence-corrected chi connectivity index (χ0v) is 13.9. The Morgan fingerprint density at radius 1 is 1.35 bits per heavy atom. The Bertz CT molecular complexity index is 490. The molecule has 0 heterocycles. The van der Waals surface area contributed by atoms with Crippen molar-refractivity contribution in [1.29, 1.82) is 0 Å². The molecule has 1 rings (SSSR count). The van der Waals surface area contributed by atoms with Crippen LogP contribution in [0.5, 0.6) is 5.75 Å². The largest absolute Gasteiger partial charge is 0.490 e. The van der Waals surface area contributed by atoms with E-state index in [4.69, 9.17) is 14.6 Å². The minimum absolute atomic E-state index is 0.261. The van der Waals surface area contributed by atoms with Gasteiger partial charge in [-0.3, -0.25) is 9.59 Å². The molecule has 1 atom stereocenters. The summed E-state index contributed by atoms with van der Waals surface area (Å²) < 4.78 is 11.0. The van der Waals surface area contributed by atoms with Crippen LogP contribution in [-0.2, 0) is 9.53 Å². The van der Waals surface area contributed by atoms with Gasteiger partial charge in [0.25, 0.3) is 0 Å². The van der Waals surface area contributed by atoms with Crippen molar-refractivity contribution in [3.63, 3.8) is 0 Å². The molecule has 0 fully saturated rings. The fourth-order valence-corrected chi connectivity index (χ4v) is 2.47. The molecule has 0 aliphatic heterocycles. The number of benzene rings is 1. The SMILES string of the molecule is COCCOc1ccc(C(=O)C(Br)CC(=O)O)cc1Br. The van der Waals surface area contributed by atoms with Gasteiger partial charge in [0.1, 0.15) is 12.4 Å². The van der Waals surface area contributed by atoms with Gasteiger partial charge in [-0.2, -0.15) is 0 Å². The van der Waals surface area contributed by atoms with E-state index in [1.165, 1.54) is 0 Å². The summed E-state index contributed by atoms with van der Waals surface area (Å²) in [5, 5.41) is 8.68. The zero-order valence-electron chi connectivity index (χ0n) is 10.8. The summed E-state index contributed by atoms with van der Waals surface area (Å²) in [5.41, 5.74) is 0.416. The molecule has 0 aromatic heterocycles. The van der Waals surface area contributed by atoms with Crippen LogP contribution in [0.4, 0.5) is 0 Å². The number of methoxy groups -OCH3 is 1. The Morgan fingerprint density at radius 2 is 2.05 bits per heavy atom. The second kappa shape index (κ2) is 8.39. The minimum atomic E-state index is -1.03. The van der Waals surface area contributed by atoms with Crippen LogP contribution in [-0.4, -0.2) is 42.0 Å². The third-order valence-electron chi connectivity index (χ3n) is 2.40. The molecule has 1 aromatic rings. The van der Waals surface area contributed by atoms with Crippen molar-refractivity contribution >= 4 is 43.6 Å². The lowest BCUT2D eigenvalue weighted by Crippen LogP contribution is -2.18. The number of ketones is 1. The average molecular weight is 410 g/mol. The molecule has 0 spiro atoms. The van der Waals surface area contributed by atoms with Gasteiger partial charge >= 0.3 is 5.97 Å². The van der Waals surface area contributed by atoms with E-state index in [-0.39, 0.29) is 12.2 Å². The smallest absolute Gasteiger partial charge is 0.304 e. The van der Waals surface area contributed by atoms with Crippen LogP contribution in [0.2, 0.25) is 0 Å². The van der Waals surface area contributed by atoms with Gasteiger partial charge in [0.15, 0.2) is 5.78 Å². The summed E-state index contributed by atoms with van der Waals surface area (Å²) in [7, 11) is 1.58. The third kappa shape index (κ3) is 5.22. The number of alkyl halides is 1. The molecular formula is C13H14Br2O5. The monoisotopic (exact) mass is 408 g/mol. The van der Waals surface area contributed by atoms with Gasteiger partial charge in [-0.1, -0.05) is 15.9 Å². The highest BCUT2D eigenvalue weighted by Gasteiger charge is 2.20. The van der Waals surface area contributed by atoms with Gasteiger partial charge in [-0.05, 0) is 34.1 Å². The van der Waals surface area contributed by atoms with E-state index in [1.54, 1.807) is 25.3 Å². The topological polar surface area (TPSA) is 72.8 Å². The second-order valence-electron chi connectivity index (χ2n) is 3.92. The molecule has 110 valence electrons. The maximum Gasteiger partial charge on any atom is 0.304 e. The quantitative estimate of drug-likeness (QED) is 0.406. The lowest BCUT2D eigenvalue weighted by atomic mass is 10.1. The highest BCUT2D eigenvalue weighted by atomic mass is 79.9. The molecule has 1 N–H and O–H groups in total. The van der Waals surface area contributed by atoms with Crippen molar-refractivity contribution in [3.8, 4) is 5.75 Å². The van der Waals surface area contributed by atoms with Gasteiger partial charge in [0, 0.05) is 12.7 Å². The first-order valence-corrected chi connectivity index (χ1v) is 7.48. The molecule has 0 aliphatic carbocycles. The maximum absolute atomic E-state index is 12.0. The minimum Gasteiger partial charge on any atom is -0.490 e. The number of carboxylic acid groups (broad SMARTS) is 1. The summed E-state index contributed by atoms with van der Waals surface area (Å²) in [6.45, 7) is 0.873. The van der Waals surface area contributed by atoms with Crippen LogP contribution in [0.15, 0.2) is 22.7 Å². The fourth-order valence-electron chi connectivity index (χ4n) is 1.43. The number of Topliss-reactive ketones (excluding diaryl/α,β-unsaturated/α-hetero) is 1. The lowest BCUT2D eigenvalue weighted by molar-refractivity contribution is -0.136. The molecule has 1 unspecified atom stereocenters. The van der Waals surface area contributed by atoms with E-state index in [0.29, 0.717) is 29.0 Å². The lowest BCUT2D eigenvalue weighted by Gasteiger charge is -2.10. The molecule has 5 nitrogen and oxygen atoms in total. The molecular weight excluding hydrogens is 396 g/mol. The van der Waals surface area contributed by atoms with Crippen molar-refractivity contribution in [2.75, 3.05) is 20.3 Å². The van der Waals surface area contributed by atoms with Gasteiger partial charge < -0.3 is 14.6 Å². The zero-order chi connectivity index (χ0) is 15.1. The summed E-state index contributed by atoms with van der Waals surface area (Å²) >= 11 is 6.40. The molecule has 20 heavy (non-hydrogen) atoms. The van der Waals surface area contributed by atoms with E-state index in [1.807, 2.05) is 0 Å². The number of carboxylic acids is 1. The van der Waals surface area contributed by atoms with E-state index in [2.05, 4.69) is 31.9 Å². The Morgan fingerprint density at radius 3 is 2.60 bits per heavy atom. The molecule has 1 aromatic carbocycles. The number of hydrogen-bond acceptors (Lipinski definition) is 4. The normalized spacial score (nSPS) is 11.9. The standard InChI is InChI=1S/C13H14Br2O5/c1-19-4-5-20-11-3-2-8(6-9(11)14)13(18)10(15)7-12(16)17/h2-3,6,10H,4-5,7H2,1H3,(H,16,17). The highest BCUT2D eigenvalue weighted by molar-refractivity contribution is 9.10. The molecule has 0 saturated carbocycles. The second-order valence-corrected chi connectivity index (χ2v) is 5.88. The summed E-state index contributed by atoms with van der Waals surface area (Å²) in [6.07, 6.45) is -0.261. The number of rotatable bonds is 8. The Labute approximate surface area is 133 Å². The third-order valence-corrected chi connectivity index (χ3v) is 3.76.